The largest absolute Gasteiger partial charge is 0.469 e. The van der Waals surface area contributed by atoms with Gasteiger partial charge in [0.1, 0.15) is 5.76 Å². The van der Waals surface area contributed by atoms with Crippen LogP contribution >= 0.6 is 11.6 Å². The molecule has 1 aromatic heterocycles. The quantitative estimate of drug-likeness (QED) is 0.809. The van der Waals surface area contributed by atoms with Crippen LogP contribution in [0.25, 0.3) is 0 Å². The summed E-state index contributed by atoms with van der Waals surface area (Å²) in [5, 5.41) is 4.14. The summed E-state index contributed by atoms with van der Waals surface area (Å²) in [7, 11) is 0. The van der Waals surface area contributed by atoms with E-state index in [1.54, 1.807) is 6.26 Å². The Morgan fingerprint density at radius 2 is 2.19 bits per heavy atom. The summed E-state index contributed by atoms with van der Waals surface area (Å²) in [6.07, 6.45) is 2.77. The summed E-state index contributed by atoms with van der Waals surface area (Å²) < 4.78 is 5.50. The van der Waals surface area contributed by atoms with Gasteiger partial charge in [-0.1, -0.05) is 23.7 Å². The van der Waals surface area contributed by atoms with E-state index >= 15 is 0 Å². The van der Waals surface area contributed by atoms with Crippen molar-refractivity contribution >= 4 is 17.3 Å². The molecule has 1 unspecified atom stereocenters. The Hall–Kier alpha value is -1.41. The smallest absolute Gasteiger partial charge is 0.111 e. The van der Waals surface area contributed by atoms with Gasteiger partial charge in [-0.2, -0.15) is 0 Å². The van der Waals surface area contributed by atoms with Crippen molar-refractivity contribution in [2.24, 2.45) is 0 Å². The highest BCUT2D eigenvalue weighted by Crippen LogP contribution is 2.39. The predicted molar refractivity (Wildman–Crippen MR) is 65.1 cm³/mol. The fourth-order valence-corrected chi connectivity index (χ4v) is 2.55. The zero-order chi connectivity index (χ0) is 11.0. The second kappa shape index (κ2) is 3.87. The van der Waals surface area contributed by atoms with Crippen LogP contribution < -0.4 is 5.32 Å². The van der Waals surface area contributed by atoms with Crippen molar-refractivity contribution in [2.75, 3.05) is 11.9 Å². The molecule has 0 aliphatic carbocycles. The monoisotopic (exact) mass is 233 g/mol. The van der Waals surface area contributed by atoms with Crippen molar-refractivity contribution in [2.45, 2.75) is 12.3 Å². The Bertz CT molecular complexity index is 493. The van der Waals surface area contributed by atoms with Gasteiger partial charge in [0.2, 0.25) is 0 Å². The van der Waals surface area contributed by atoms with E-state index in [9.17, 15) is 0 Å². The molecule has 0 spiro atoms. The van der Waals surface area contributed by atoms with Crippen molar-refractivity contribution in [1.29, 1.82) is 0 Å². The maximum Gasteiger partial charge on any atom is 0.111 e. The molecule has 2 heterocycles. The van der Waals surface area contributed by atoms with E-state index in [1.165, 1.54) is 5.56 Å². The van der Waals surface area contributed by atoms with E-state index in [1.807, 2.05) is 24.3 Å². The lowest BCUT2D eigenvalue weighted by Crippen LogP contribution is -2.17. The van der Waals surface area contributed by atoms with E-state index in [2.05, 4.69) is 11.4 Å². The molecule has 2 nitrogen and oxygen atoms in total. The molecule has 3 heteroatoms. The summed E-state index contributed by atoms with van der Waals surface area (Å²) in [5.41, 5.74) is 2.28. The van der Waals surface area contributed by atoms with Crippen LogP contribution in [0.3, 0.4) is 0 Å². The first-order chi connectivity index (χ1) is 7.86. The summed E-state index contributed by atoms with van der Waals surface area (Å²) in [5.74, 6) is 1.34. The Labute approximate surface area is 99.2 Å². The third kappa shape index (κ3) is 1.50. The SMILES string of the molecule is Clc1cccc2c1NCCC2c1ccco1. The molecular weight excluding hydrogens is 222 g/mol. The summed E-state index contributed by atoms with van der Waals surface area (Å²) in [4.78, 5) is 0. The Morgan fingerprint density at radius 1 is 1.25 bits per heavy atom. The molecule has 82 valence electrons. The van der Waals surface area contributed by atoms with E-state index in [0.29, 0.717) is 5.92 Å². The molecule has 1 atom stereocenters. The number of para-hydroxylation sites is 1. The first kappa shape index (κ1) is 9.79. The zero-order valence-electron chi connectivity index (χ0n) is 8.74. The average molecular weight is 234 g/mol. The fraction of sp³-hybridized carbons (Fsp3) is 0.231. The molecule has 0 radical (unpaired) electrons. The Morgan fingerprint density at radius 3 is 3.00 bits per heavy atom. The maximum atomic E-state index is 6.18. The molecule has 0 saturated carbocycles. The molecule has 1 N–H and O–H groups in total. The number of benzene rings is 1. The van der Waals surface area contributed by atoms with Gasteiger partial charge in [-0.15, -0.1) is 0 Å². The Kier molecular flexibility index (Phi) is 2.37. The molecule has 0 fully saturated rings. The van der Waals surface area contributed by atoms with Gasteiger partial charge in [-0.05, 0) is 30.2 Å². The molecule has 1 aromatic carbocycles. The highest BCUT2D eigenvalue weighted by molar-refractivity contribution is 6.33. The van der Waals surface area contributed by atoms with Gasteiger partial charge in [0.05, 0.1) is 17.0 Å². The Balaban J connectivity index is 2.10. The van der Waals surface area contributed by atoms with Crippen LogP contribution in [0, 0.1) is 0 Å². The molecular formula is C13H12ClNO. The standard InChI is InChI=1S/C13H12ClNO/c14-11-4-1-3-10-9(6-7-15-13(10)11)12-5-2-8-16-12/h1-5,8-9,15H,6-7H2. The van der Waals surface area contributed by atoms with Crippen molar-refractivity contribution in [3.63, 3.8) is 0 Å². The first-order valence-corrected chi connectivity index (χ1v) is 5.80. The summed E-state index contributed by atoms with van der Waals surface area (Å²) in [6.45, 7) is 0.933. The van der Waals surface area contributed by atoms with Gasteiger partial charge in [-0.25, -0.2) is 0 Å². The number of fused-ring (bicyclic) bond motifs is 1. The van der Waals surface area contributed by atoms with E-state index in [0.717, 1.165) is 29.4 Å². The van der Waals surface area contributed by atoms with E-state index < -0.39 is 0 Å². The van der Waals surface area contributed by atoms with E-state index in [4.69, 9.17) is 16.0 Å². The molecule has 1 aliphatic heterocycles. The molecule has 2 aromatic rings. The van der Waals surface area contributed by atoms with Crippen LogP contribution in [0.1, 0.15) is 23.7 Å². The average Bonchev–Trinajstić information content (AvgIpc) is 2.82. The molecule has 3 rings (SSSR count). The first-order valence-electron chi connectivity index (χ1n) is 5.42. The van der Waals surface area contributed by atoms with Crippen LogP contribution in [0.15, 0.2) is 41.0 Å². The predicted octanol–water partition coefficient (Wildman–Crippen LogP) is 3.88. The van der Waals surface area contributed by atoms with Crippen molar-refractivity contribution in [3.8, 4) is 0 Å². The lowest BCUT2D eigenvalue weighted by molar-refractivity contribution is 0.474. The zero-order valence-corrected chi connectivity index (χ0v) is 9.50. The van der Waals surface area contributed by atoms with Gasteiger partial charge < -0.3 is 9.73 Å². The molecule has 0 amide bonds. The highest BCUT2D eigenvalue weighted by Gasteiger charge is 2.24. The lowest BCUT2D eigenvalue weighted by atomic mass is 9.89. The number of anilines is 1. The number of halogens is 1. The second-order valence-corrected chi connectivity index (χ2v) is 4.39. The molecule has 0 bridgehead atoms. The highest BCUT2D eigenvalue weighted by atomic mass is 35.5. The van der Waals surface area contributed by atoms with Gasteiger partial charge in [0.15, 0.2) is 0 Å². The third-order valence-corrected chi connectivity index (χ3v) is 3.36. The van der Waals surface area contributed by atoms with Crippen molar-refractivity contribution in [1.82, 2.24) is 0 Å². The normalized spacial score (nSPS) is 18.9. The van der Waals surface area contributed by atoms with Crippen LogP contribution in [0.4, 0.5) is 5.69 Å². The van der Waals surface area contributed by atoms with Crippen molar-refractivity contribution < 1.29 is 4.42 Å². The number of rotatable bonds is 1. The topological polar surface area (TPSA) is 25.2 Å². The van der Waals surface area contributed by atoms with E-state index in [-0.39, 0.29) is 0 Å². The minimum Gasteiger partial charge on any atom is -0.469 e. The maximum absolute atomic E-state index is 6.18. The second-order valence-electron chi connectivity index (χ2n) is 3.99. The molecule has 16 heavy (non-hydrogen) atoms. The van der Waals surface area contributed by atoms with Crippen LogP contribution in [-0.4, -0.2) is 6.54 Å². The number of hydrogen-bond donors (Lipinski definition) is 1. The van der Waals surface area contributed by atoms with Crippen LogP contribution in [-0.2, 0) is 0 Å². The van der Waals surface area contributed by atoms with Gasteiger partial charge in [-0.3, -0.25) is 0 Å². The number of hydrogen-bond acceptors (Lipinski definition) is 2. The fourth-order valence-electron chi connectivity index (χ4n) is 2.30. The van der Waals surface area contributed by atoms with Gasteiger partial charge in [0, 0.05) is 12.5 Å². The van der Waals surface area contributed by atoms with Crippen LogP contribution in [0.2, 0.25) is 5.02 Å². The molecule has 1 aliphatic rings. The summed E-state index contributed by atoms with van der Waals surface area (Å²) in [6, 6.07) is 9.98. The third-order valence-electron chi connectivity index (χ3n) is 3.04. The minimum absolute atomic E-state index is 0.324. The lowest BCUT2D eigenvalue weighted by Gasteiger charge is -2.26. The minimum atomic E-state index is 0.324. The number of furan rings is 1. The van der Waals surface area contributed by atoms with Crippen molar-refractivity contribution in [3.05, 3.63) is 52.9 Å². The van der Waals surface area contributed by atoms with Gasteiger partial charge >= 0.3 is 0 Å². The van der Waals surface area contributed by atoms with Crippen LogP contribution in [0.5, 0.6) is 0 Å². The van der Waals surface area contributed by atoms with Gasteiger partial charge in [0.25, 0.3) is 0 Å². The number of nitrogens with one attached hydrogen (secondary N) is 1. The molecule has 0 saturated heterocycles. The summed E-state index contributed by atoms with van der Waals surface area (Å²) >= 11 is 6.18.